The van der Waals surface area contributed by atoms with E-state index in [1.54, 1.807) is 49.4 Å². The normalized spacial score (nSPS) is 11.4. The van der Waals surface area contributed by atoms with Gasteiger partial charge in [0.25, 0.3) is 11.6 Å². The number of carbonyl (C=O) groups is 2. The molecule has 0 aliphatic rings. The van der Waals surface area contributed by atoms with Crippen molar-refractivity contribution in [2.75, 3.05) is 10.6 Å². The van der Waals surface area contributed by atoms with Crippen molar-refractivity contribution in [2.45, 2.75) is 27.7 Å². The zero-order chi connectivity index (χ0) is 23.8. The molecule has 7 nitrogen and oxygen atoms in total. The minimum Gasteiger partial charge on any atom is -0.335 e. The van der Waals surface area contributed by atoms with E-state index in [0.717, 1.165) is 0 Å². The number of anilines is 2. The fourth-order valence-corrected chi connectivity index (χ4v) is 3.23. The van der Waals surface area contributed by atoms with Gasteiger partial charge in [-0.1, -0.05) is 32.0 Å². The average molecular weight is 446 g/mol. The Balaban J connectivity index is 1.67. The van der Waals surface area contributed by atoms with Gasteiger partial charge < -0.3 is 15.2 Å². The molecule has 0 saturated heterocycles. The standard InChI is InChI=1S/C25H23FN4O3/c1-14-21-19(13-20(29-23(21)33-30-14)15-8-10-16(26)11-9-15)22(31)27-17-6-5-7-18(12-17)28-24(32)25(2,3)4/h5-13H,1-4H3,(H,27,31)(H,28,32). The predicted octanol–water partition coefficient (Wildman–Crippen LogP) is 5.57. The number of amides is 2. The summed E-state index contributed by atoms with van der Waals surface area (Å²) in [5.74, 6) is -0.894. The van der Waals surface area contributed by atoms with Crippen molar-refractivity contribution in [3.8, 4) is 11.3 Å². The first-order valence-electron chi connectivity index (χ1n) is 10.4. The molecule has 0 atom stereocenters. The minimum atomic E-state index is -0.551. The number of halogens is 1. The molecule has 2 N–H and O–H groups in total. The Morgan fingerprint density at radius 3 is 2.30 bits per heavy atom. The monoisotopic (exact) mass is 446 g/mol. The number of aromatic nitrogens is 2. The zero-order valence-electron chi connectivity index (χ0n) is 18.7. The molecule has 0 spiro atoms. The first kappa shape index (κ1) is 22.1. The number of hydrogen-bond donors (Lipinski definition) is 2. The quantitative estimate of drug-likeness (QED) is 0.427. The molecule has 4 aromatic rings. The molecule has 168 valence electrons. The van der Waals surface area contributed by atoms with E-state index in [2.05, 4.69) is 20.8 Å². The first-order valence-corrected chi connectivity index (χ1v) is 10.4. The van der Waals surface area contributed by atoms with E-state index < -0.39 is 11.3 Å². The van der Waals surface area contributed by atoms with Gasteiger partial charge in [-0.3, -0.25) is 9.59 Å². The lowest BCUT2D eigenvalue weighted by Gasteiger charge is -2.18. The fraction of sp³-hybridized carbons (Fsp3) is 0.200. The van der Waals surface area contributed by atoms with Gasteiger partial charge in [-0.15, -0.1) is 0 Å². The molecule has 33 heavy (non-hydrogen) atoms. The van der Waals surface area contributed by atoms with Gasteiger partial charge in [-0.25, -0.2) is 9.37 Å². The van der Waals surface area contributed by atoms with Crippen LogP contribution in [0.5, 0.6) is 0 Å². The molecule has 8 heteroatoms. The van der Waals surface area contributed by atoms with Crippen molar-refractivity contribution in [3.05, 3.63) is 71.7 Å². The summed E-state index contributed by atoms with van der Waals surface area (Å²) in [4.78, 5) is 30.0. The Morgan fingerprint density at radius 1 is 0.970 bits per heavy atom. The third-order valence-corrected chi connectivity index (χ3v) is 5.06. The lowest BCUT2D eigenvalue weighted by atomic mass is 9.95. The van der Waals surface area contributed by atoms with Crippen LogP contribution in [0.2, 0.25) is 0 Å². The van der Waals surface area contributed by atoms with Crippen LogP contribution in [0.4, 0.5) is 15.8 Å². The van der Waals surface area contributed by atoms with Crippen molar-refractivity contribution < 1.29 is 18.5 Å². The maximum atomic E-state index is 13.3. The second kappa shape index (κ2) is 8.46. The van der Waals surface area contributed by atoms with Gasteiger partial charge in [0.1, 0.15) is 5.82 Å². The van der Waals surface area contributed by atoms with Crippen LogP contribution in [0.15, 0.2) is 59.1 Å². The largest absolute Gasteiger partial charge is 0.335 e. The third kappa shape index (κ3) is 4.74. The highest BCUT2D eigenvalue weighted by molar-refractivity contribution is 6.13. The van der Waals surface area contributed by atoms with Crippen LogP contribution in [0.25, 0.3) is 22.4 Å². The third-order valence-electron chi connectivity index (χ3n) is 5.06. The lowest BCUT2D eigenvalue weighted by molar-refractivity contribution is -0.123. The summed E-state index contributed by atoms with van der Waals surface area (Å²) in [6.45, 7) is 7.19. The van der Waals surface area contributed by atoms with Gasteiger partial charge in [0, 0.05) is 22.4 Å². The molecule has 0 fully saturated rings. The summed E-state index contributed by atoms with van der Waals surface area (Å²) in [6, 6.07) is 14.3. The molecule has 0 saturated carbocycles. The van der Waals surface area contributed by atoms with Gasteiger partial charge >= 0.3 is 0 Å². The second-order valence-electron chi connectivity index (χ2n) is 8.75. The topological polar surface area (TPSA) is 97.1 Å². The second-order valence-corrected chi connectivity index (χ2v) is 8.75. The maximum absolute atomic E-state index is 13.3. The summed E-state index contributed by atoms with van der Waals surface area (Å²) in [6.07, 6.45) is 0. The van der Waals surface area contributed by atoms with Gasteiger partial charge in [0.15, 0.2) is 0 Å². The number of fused-ring (bicyclic) bond motifs is 1. The van der Waals surface area contributed by atoms with E-state index in [9.17, 15) is 14.0 Å². The molecule has 2 aromatic carbocycles. The lowest BCUT2D eigenvalue weighted by Crippen LogP contribution is -2.27. The number of aryl methyl sites for hydroxylation is 1. The van der Waals surface area contributed by atoms with Crippen LogP contribution in [0, 0.1) is 18.2 Å². The van der Waals surface area contributed by atoms with Crippen LogP contribution >= 0.6 is 0 Å². The predicted molar refractivity (Wildman–Crippen MR) is 124 cm³/mol. The first-order chi connectivity index (χ1) is 15.6. The molecule has 0 radical (unpaired) electrons. The number of benzene rings is 2. The Labute approximate surface area is 190 Å². The van der Waals surface area contributed by atoms with E-state index >= 15 is 0 Å². The number of rotatable bonds is 4. The van der Waals surface area contributed by atoms with Gasteiger partial charge in [-0.05, 0) is 55.5 Å². The smallest absolute Gasteiger partial charge is 0.259 e. The van der Waals surface area contributed by atoms with E-state index in [1.807, 2.05) is 20.8 Å². The van der Waals surface area contributed by atoms with Crippen LogP contribution in [0.1, 0.15) is 36.8 Å². The number of hydrogen-bond acceptors (Lipinski definition) is 5. The molecule has 0 aliphatic carbocycles. The summed E-state index contributed by atoms with van der Waals surface area (Å²) in [7, 11) is 0. The van der Waals surface area contributed by atoms with Crippen molar-refractivity contribution in [2.24, 2.45) is 5.41 Å². The van der Waals surface area contributed by atoms with Crippen molar-refractivity contribution >= 4 is 34.3 Å². The average Bonchev–Trinajstić information content (AvgIpc) is 3.14. The maximum Gasteiger partial charge on any atom is 0.259 e. The Morgan fingerprint density at radius 2 is 1.64 bits per heavy atom. The highest BCUT2D eigenvalue weighted by atomic mass is 19.1. The summed E-state index contributed by atoms with van der Waals surface area (Å²) < 4.78 is 18.7. The molecular formula is C25H23FN4O3. The van der Waals surface area contributed by atoms with E-state index in [1.165, 1.54) is 12.1 Å². The van der Waals surface area contributed by atoms with Gasteiger partial charge in [0.05, 0.1) is 22.3 Å². The molecule has 0 aliphatic heterocycles. The van der Waals surface area contributed by atoms with Crippen LogP contribution in [0.3, 0.4) is 0 Å². The number of carbonyl (C=O) groups excluding carboxylic acids is 2. The van der Waals surface area contributed by atoms with Crippen molar-refractivity contribution in [3.63, 3.8) is 0 Å². The van der Waals surface area contributed by atoms with Crippen molar-refractivity contribution in [1.82, 2.24) is 10.1 Å². The molecule has 2 heterocycles. The molecule has 4 rings (SSSR count). The van der Waals surface area contributed by atoms with Crippen LogP contribution < -0.4 is 10.6 Å². The highest BCUT2D eigenvalue weighted by Gasteiger charge is 2.22. The summed E-state index contributed by atoms with van der Waals surface area (Å²) >= 11 is 0. The van der Waals surface area contributed by atoms with E-state index in [-0.39, 0.29) is 17.4 Å². The van der Waals surface area contributed by atoms with Crippen LogP contribution in [-0.4, -0.2) is 22.0 Å². The summed E-state index contributed by atoms with van der Waals surface area (Å²) in [5.41, 5.74) is 2.68. The van der Waals surface area contributed by atoms with Crippen LogP contribution in [-0.2, 0) is 4.79 Å². The Hall–Kier alpha value is -4.07. The number of pyridine rings is 1. The van der Waals surface area contributed by atoms with Gasteiger partial charge in [0.2, 0.25) is 5.91 Å². The zero-order valence-corrected chi connectivity index (χ0v) is 18.7. The SMILES string of the molecule is Cc1noc2nc(-c3ccc(F)cc3)cc(C(=O)Nc3cccc(NC(=O)C(C)(C)C)c3)c12. The molecule has 0 bridgehead atoms. The molecular weight excluding hydrogens is 423 g/mol. The fourth-order valence-electron chi connectivity index (χ4n) is 3.23. The van der Waals surface area contributed by atoms with Gasteiger partial charge in [-0.2, -0.15) is 0 Å². The summed E-state index contributed by atoms with van der Waals surface area (Å²) in [5, 5.41) is 10.1. The molecule has 2 amide bonds. The number of nitrogens with zero attached hydrogens (tertiary/aromatic N) is 2. The molecule has 2 aromatic heterocycles. The van der Waals surface area contributed by atoms with E-state index in [4.69, 9.17) is 4.52 Å². The Bertz CT molecular complexity index is 1350. The van der Waals surface area contributed by atoms with E-state index in [0.29, 0.717) is 39.3 Å². The number of nitrogens with one attached hydrogen (secondary N) is 2. The highest BCUT2D eigenvalue weighted by Crippen LogP contribution is 2.28. The Kier molecular flexibility index (Phi) is 5.68. The minimum absolute atomic E-state index is 0.133. The molecule has 0 unspecified atom stereocenters. The van der Waals surface area contributed by atoms with Crippen molar-refractivity contribution in [1.29, 1.82) is 0 Å².